The average molecular weight is 350 g/mol. The fourth-order valence-corrected chi connectivity index (χ4v) is 3.97. The summed E-state index contributed by atoms with van der Waals surface area (Å²) in [6.45, 7) is 6.54. The van der Waals surface area contributed by atoms with Crippen LogP contribution in [-0.2, 0) is 13.8 Å². The molecule has 0 radical (unpaired) electrons. The minimum atomic E-state index is -0.433. The Kier molecular flexibility index (Phi) is 7.54. The molecule has 1 aliphatic carbocycles. The fourth-order valence-electron chi connectivity index (χ4n) is 3.82. The molecule has 1 saturated carbocycles. The van der Waals surface area contributed by atoms with Crippen LogP contribution in [0.5, 0.6) is 0 Å². The summed E-state index contributed by atoms with van der Waals surface area (Å²) in [6.07, 6.45) is 5.16. The largest absolute Gasteiger partial charge is 0.367 e. The van der Waals surface area contributed by atoms with Gasteiger partial charge in [-0.05, 0) is 50.7 Å². The summed E-state index contributed by atoms with van der Waals surface area (Å²) in [6, 6.07) is 4.11. The molecule has 5 heteroatoms. The Morgan fingerprint density at radius 2 is 1.75 bits per heavy atom. The molecule has 2 rings (SSSR count). The van der Waals surface area contributed by atoms with Gasteiger partial charge in [0.15, 0.2) is 5.78 Å². The number of hydrogen-bond acceptors (Lipinski definition) is 4. The molecule has 1 aromatic rings. The van der Waals surface area contributed by atoms with Crippen LogP contribution < -0.4 is 0 Å². The molecule has 0 spiro atoms. The number of Topliss-reactive ketones (excluding diaryl/α,β-unsaturated/α-hetero) is 1. The zero-order valence-corrected chi connectivity index (χ0v) is 15.7. The maximum absolute atomic E-state index is 13.2. The van der Waals surface area contributed by atoms with Gasteiger partial charge in [-0.15, -0.1) is 0 Å². The lowest BCUT2D eigenvalue weighted by Gasteiger charge is -2.30. The predicted octanol–water partition coefficient (Wildman–Crippen LogP) is 4.98. The van der Waals surface area contributed by atoms with Crippen molar-refractivity contribution >= 4 is 14.5 Å². The normalized spacial score (nSPS) is 17.1. The molecule has 0 aliphatic heterocycles. The van der Waals surface area contributed by atoms with Gasteiger partial charge in [0.25, 0.3) is 0 Å². The zero-order valence-electron chi connectivity index (χ0n) is 14.8. The lowest BCUT2D eigenvalue weighted by molar-refractivity contribution is -0.000988. The molecular formula is C19H27O4P. The van der Waals surface area contributed by atoms with Crippen LogP contribution in [0.1, 0.15) is 59.2 Å². The molecule has 0 heterocycles. The van der Waals surface area contributed by atoms with Gasteiger partial charge < -0.3 is 4.74 Å². The molecule has 0 aromatic heterocycles. The van der Waals surface area contributed by atoms with Crippen molar-refractivity contribution < 1.29 is 18.6 Å². The Bertz CT molecular complexity index is 556. The smallest absolute Gasteiger partial charge is 0.327 e. The van der Waals surface area contributed by atoms with E-state index in [1.165, 1.54) is 12.0 Å². The van der Waals surface area contributed by atoms with Crippen LogP contribution in [0, 0.1) is 26.7 Å². The highest BCUT2D eigenvalue weighted by atomic mass is 31.1. The molecule has 24 heavy (non-hydrogen) atoms. The van der Waals surface area contributed by atoms with Gasteiger partial charge in [-0.2, -0.15) is 0 Å². The molecular weight excluding hydrogens is 323 g/mol. The number of rotatable bonds is 8. The molecule has 1 atom stereocenters. The highest BCUT2D eigenvalue weighted by molar-refractivity contribution is 7.17. The number of ether oxygens (including phenoxy) is 1. The van der Waals surface area contributed by atoms with Gasteiger partial charge in [-0.1, -0.05) is 37.0 Å². The van der Waals surface area contributed by atoms with E-state index < -0.39 is 6.10 Å². The van der Waals surface area contributed by atoms with E-state index in [1.807, 2.05) is 20.8 Å². The van der Waals surface area contributed by atoms with Crippen molar-refractivity contribution in [3.63, 3.8) is 0 Å². The van der Waals surface area contributed by atoms with Crippen LogP contribution in [0.25, 0.3) is 0 Å². The second-order valence-corrected chi connectivity index (χ2v) is 7.14. The maximum Gasteiger partial charge on any atom is 0.327 e. The van der Waals surface area contributed by atoms with E-state index >= 15 is 0 Å². The molecule has 1 fully saturated rings. The third-order valence-electron chi connectivity index (χ3n) is 4.78. The van der Waals surface area contributed by atoms with E-state index in [-0.39, 0.29) is 33.6 Å². The standard InChI is InChI=1S/C19H27O4P/c1-13-11-14(2)17(15(3)12-13)18(20)19(22-9-10-23-24-21)16-7-5-4-6-8-16/h11-12,16,19H,4-10H2,1-3H3. The van der Waals surface area contributed by atoms with Gasteiger partial charge in [-0.3, -0.25) is 9.32 Å². The quantitative estimate of drug-likeness (QED) is 0.377. The first-order chi connectivity index (χ1) is 11.5. The lowest BCUT2D eigenvalue weighted by atomic mass is 9.81. The monoisotopic (exact) mass is 350 g/mol. The molecule has 4 nitrogen and oxygen atoms in total. The second-order valence-electron chi connectivity index (χ2n) is 6.74. The third kappa shape index (κ3) is 4.95. The van der Waals surface area contributed by atoms with Crippen LogP contribution in [0.15, 0.2) is 12.1 Å². The molecule has 1 aromatic carbocycles. The summed E-state index contributed by atoms with van der Waals surface area (Å²) >= 11 is 0. The predicted molar refractivity (Wildman–Crippen MR) is 94.9 cm³/mol. The van der Waals surface area contributed by atoms with Gasteiger partial charge in [0.2, 0.25) is 0 Å². The van der Waals surface area contributed by atoms with Crippen molar-refractivity contribution in [3.05, 3.63) is 34.4 Å². The molecule has 0 saturated heterocycles. The van der Waals surface area contributed by atoms with E-state index in [9.17, 15) is 9.36 Å². The number of aryl methyl sites for hydroxylation is 3. The first kappa shape index (κ1) is 19.2. The number of carbonyl (C=O) groups is 1. The first-order valence-corrected chi connectivity index (χ1v) is 9.46. The summed E-state index contributed by atoms with van der Waals surface area (Å²) in [4.78, 5) is 13.2. The van der Waals surface area contributed by atoms with Crippen LogP contribution in [-0.4, -0.2) is 25.1 Å². The summed E-state index contributed by atoms with van der Waals surface area (Å²) in [5.74, 6) is 0.340. The van der Waals surface area contributed by atoms with Gasteiger partial charge in [0, 0.05) is 5.56 Å². The Labute approximate surface area is 146 Å². The SMILES string of the molecule is Cc1cc(C)c(C(=O)C(OCCOP=O)C2CCCCC2)c(C)c1. The highest BCUT2D eigenvalue weighted by Gasteiger charge is 2.32. The minimum Gasteiger partial charge on any atom is -0.367 e. The summed E-state index contributed by atoms with van der Waals surface area (Å²) in [5.41, 5.74) is 3.98. The Hall–Kier alpha value is -1.09. The van der Waals surface area contributed by atoms with Crippen molar-refractivity contribution in [2.24, 2.45) is 5.92 Å². The molecule has 132 valence electrons. The van der Waals surface area contributed by atoms with Gasteiger partial charge >= 0.3 is 8.69 Å². The lowest BCUT2D eigenvalue weighted by Crippen LogP contribution is -2.35. The van der Waals surface area contributed by atoms with Crippen molar-refractivity contribution in [2.45, 2.75) is 59.0 Å². The summed E-state index contributed by atoms with van der Waals surface area (Å²) in [7, 11) is -0.350. The van der Waals surface area contributed by atoms with Gasteiger partial charge in [0.1, 0.15) is 6.10 Å². The van der Waals surface area contributed by atoms with Crippen LogP contribution >= 0.6 is 8.69 Å². The van der Waals surface area contributed by atoms with Crippen molar-refractivity contribution in [3.8, 4) is 0 Å². The summed E-state index contributed by atoms with van der Waals surface area (Å²) < 4.78 is 21.1. The first-order valence-electron chi connectivity index (χ1n) is 8.73. The topological polar surface area (TPSA) is 52.6 Å². The van der Waals surface area contributed by atoms with Crippen molar-refractivity contribution in [2.75, 3.05) is 13.2 Å². The van der Waals surface area contributed by atoms with Gasteiger partial charge in [-0.25, -0.2) is 4.57 Å². The number of hydrogen-bond donors (Lipinski definition) is 0. The Balaban J connectivity index is 2.21. The Morgan fingerprint density at radius 1 is 1.12 bits per heavy atom. The van der Waals surface area contributed by atoms with E-state index in [0.717, 1.165) is 42.4 Å². The number of ketones is 1. The van der Waals surface area contributed by atoms with E-state index in [0.29, 0.717) is 0 Å². The zero-order chi connectivity index (χ0) is 17.5. The highest BCUT2D eigenvalue weighted by Crippen LogP contribution is 2.31. The van der Waals surface area contributed by atoms with Crippen molar-refractivity contribution in [1.29, 1.82) is 0 Å². The van der Waals surface area contributed by atoms with E-state index in [4.69, 9.17) is 9.26 Å². The molecule has 0 amide bonds. The fraction of sp³-hybridized carbons (Fsp3) is 0.632. The minimum absolute atomic E-state index is 0.0802. The van der Waals surface area contributed by atoms with Crippen LogP contribution in [0.3, 0.4) is 0 Å². The van der Waals surface area contributed by atoms with Gasteiger partial charge in [0.05, 0.1) is 13.2 Å². The van der Waals surface area contributed by atoms with Crippen LogP contribution in [0.2, 0.25) is 0 Å². The molecule has 0 N–H and O–H groups in total. The molecule has 0 bridgehead atoms. The Morgan fingerprint density at radius 3 is 2.33 bits per heavy atom. The number of benzene rings is 1. The van der Waals surface area contributed by atoms with E-state index in [1.54, 1.807) is 0 Å². The van der Waals surface area contributed by atoms with Crippen LogP contribution in [0.4, 0.5) is 0 Å². The number of carbonyl (C=O) groups excluding carboxylic acids is 1. The maximum atomic E-state index is 13.2. The average Bonchev–Trinajstić information content (AvgIpc) is 2.54. The second kappa shape index (κ2) is 9.41. The molecule has 1 unspecified atom stereocenters. The summed E-state index contributed by atoms with van der Waals surface area (Å²) in [5, 5.41) is 0. The van der Waals surface area contributed by atoms with E-state index in [2.05, 4.69) is 12.1 Å². The van der Waals surface area contributed by atoms with Crippen molar-refractivity contribution in [1.82, 2.24) is 0 Å². The molecule has 1 aliphatic rings. The third-order valence-corrected chi connectivity index (χ3v) is 5.07.